The summed E-state index contributed by atoms with van der Waals surface area (Å²) in [6.07, 6.45) is 3.84. The molecule has 1 aliphatic carbocycles. The number of fused-ring (bicyclic) bond motifs is 1. The van der Waals surface area contributed by atoms with E-state index in [4.69, 9.17) is 10.3 Å². The third-order valence-electron chi connectivity index (χ3n) is 6.12. The summed E-state index contributed by atoms with van der Waals surface area (Å²) in [5.41, 5.74) is 5.16. The molecule has 2 unspecified atom stereocenters. The maximum absolute atomic E-state index is 11.6. The second-order valence-corrected chi connectivity index (χ2v) is 9.05. The maximum Gasteiger partial charge on any atom is 0.407 e. The van der Waals surface area contributed by atoms with Crippen molar-refractivity contribution in [1.29, 1.82) is 0 Å². The average molecular weight is 478 g/mol. The van der Waals surface area contributed by atoms with Crippen LogP contribution in [0.2, 0.25) is 0 Å². The summed E-state index contributed by atoms with van der Waals surface area (Å²) in [7, 11) is 0. The van der Waals surface area contributed by atoms with Crippen LogP contribution in [-0.2, 0) is 6.54 Å². The van der Waals surface area contributed by atoms with Crippen molar-refractivity contribution >= 4 is 33.7 Å². The van der Waals surface area contributed by atoms with Crippen LogP contribution in [0.4, 0.5) is 10.6 Å². The van der Waals surface area contributed by atoms with E-state index >= 15 is 0 Å². The van der Waals surface area contributed by atoms with E-state index in [0.29, 0.717) is 30.1 Å². The van der Waals surface area contributed by atoms with Gasteiger partial charge in [-0.05, 0) is 65.1 Å². The van der Waals surface area contributed by atoms with Gasteiger partial charge in [0.1, 0.15) is 5.82 Å². The molecule has 2 fully saturated rings. The van der Waals surface area contributed by atoms with Crippen LogP contribution in [0.15, 0.2) is 33.4 Å². The highest BCUT2D eigenvalue weighted by molar-refractivity contribution is 9.10. The number of carboxylic acid groups (broad SMARTS) is 1. The Balaban J connectivity index is 1.27. The van der Waals surface area contributed by atoms with Crippen molar-refractivity contribution in [2.45, 2.75) is 25.8 Å². The van der Waals surface area contributed by atoms with E-state index in [9.17, 15) is 14.7 Å². The first-order chi connectivity index (χ1) is 14.4. The molecule has 0 spiro atoms. The minimum atomic E-state index is -1.02. The Morgan fingerprint density at radius 2 is 2.03 bits per heavy atom. The highest BCUT2D eigenvalue weighted by Crippen LogP contribution is 2.43. The number of aromatic nitrogens is 2. The van der Waals surface area contributed by atoms with Gasteiger partial charge in [0.05, 0.1) is 6.54 Å². The summed E-state index contributed by atoms with van der Waals surface area (Å²) in [5.74, 6) is 2.41. The monoisotopic (exact) mass is 477 g/mol. The topological polar surface area (TPSA) is 126 Å². The van der Waals surface area contributed by atoms with Gasteiger partial charge in [0, 0.05) is 36.4 Å². The number of anilines is 1. The Morgan fingerprint density at radius 3 is 2.60 bits per heavy atom. The van der Waals surface area contributed by atoms with E-state index in [1.807, 2.05) is 18.3 Å². The molecule has 2 aromatic heterocycles. The Hall–Kier alpha value is -2.62. The molecule has 30 heavy (non-hydrogen) atoms. The van der Waals surface area contributed by atoms with E-state index in [2.05, 4.69) is 31.0 Å². The molecule has 1 saturated heterocycles. The molecule has 4 rings (SSSR count). The van der Waals surface area contributed by atoms with Crippen LogP contribution in [0.25, 0.3) is 0 Å². The van der Waals surface area contributed by atoms with E-state index in [-0.39, 0.29) is 12.2 Å². The van der Waals surface area contributed by atoms with E-state index in [1.54, 1.807) is 0 Å². The van der Waals surface area contributed by atoms with E-state index in [0.717, 1.165) is 42.6 Å². The predicted octanol–water partition coefficient (Wildman–Crippen LogP) is 2.96. The lowest BCUT2D eigenvalue weighted by atomic mass is 10.0. The summed E-state index contributed by atoms with van der Waals surface area (Å²) in [5, 5.41) is 13.1. The van der Waals surface area contributed by atoms with Crippen LogP contribution in [0.1, 0.15) is 35.5 Å². The zero-order valence-electron chi connectivity index (χ0n) is 16.4. The highest BCUT2D eigenvalue weighted by Gasteiger charge is 2.41. The summed E-state index contributed by atoms with van der Waals surface area (Å²) >= 11 is 3.42. The van der Waals surface area contributed by atoms with Crippen LogP contribution >= 0.6 is 15.9 Å². The summed E-state index contributed by atoms with van der Waals surface area (Å²) in [6.45, 7) is 2.49. The minimum Gasteiger partial charge on any atom is -0.465 e. The van der Waals surface area contributed by atoms with Crippen molar-refractivity contribution in [1.82, 2.24) is 15.0 Å². The Labute approximate surface area is 182 Å². The molecule has 2 atom stereocenters. The van der Waals surface area contributed by atoms with Crippen molar-refractivity contribution < 1.29 is 19.2 Å². The number of pyridine rings is 1. The summed E-state index contributed by atoms with van der Waals surface area (Å²) in [6, 6.07) is 5.45. The minimum absolute atomic E-state index is 0.00350. The highest BCUT2D eigenvalue weighted by atomic mass is 79.9. The lowest BCUT2D eigenvalue weighted by molar-refractivity contribution is 0.0990. The molecule has 0 bridgehead atoms. The zero-order chi connectivity index (χ0) is 21.3. The van der Waals surface area contributed by atoms with Gasteiger partial charge in [-0.25, -0.2) is 9.78 Å². The Kier molecular flexibility index (Phi) is 5.94. The number of nitrogens with zero attached hydrogens (tertiary/aromatic N) is 4. The fourth-order valence-corrected chi connectivity index (χ4v) is 4.91. The summed E-state index contributed by atoms with van der Waals surface area (Å²) < 4.78 is 6.01. The second kappa shape index (κ2) is 8.63. The summed E-state index contributed by atoms with van der Waals surface area (Å²) in [4.78, 5) is 30.9. The molecule has 3 N–H and O–H groups in total. The Morgan fingerprint density at radius 1 is 1.30 bits per heavy atom. The van der Waals surface area contributed by atoms with Gasteiger partial charge in [-0.15, -0.1) is 0 Å². The first kappa shape index (κ1) is 20.6. The Bertz CT molecular complexity index is 904. The largest absolute Gasteiger partial charge is 0.465 e. The van der Waals surface area contributed by atoms with Gasteiger partial charge in [-0.2, -0.15) is 0 Å². The number of hydrogen-bond acceptors (Lipinski definition) is 6. The third kappa shape index (κ3) is 4.58. The first-order valence-corrected chi connectivity index (χ1v) is 10.8. The van der Waals surface area contributed by atoms with E-state index < -0.39 is 12.0 Å². The molecule has 0 aromatic carbocycles. The quantitative estimate of drug-likeness (QED) is 0.627. The molecule has 9 nitrogen and oxygen atoms in total. The van der Waals surface area contributed by atoms with Gasteiger partial charge < -0.3 is 25.2 Å². The number of carbonyl (C=O) groups is 2. The lowest BCUT2D eigenvalue weighted by Gasteiger charge is -2.22. The SMILES string of the molecule is NC(=O)c1cc(CN(CCC2CC3CN(c4ccc(Br)cn4)CC3C2)C(=O)O)on1. The van der Waals surface area contributed by atoms with Gasteiger partial charge >= 0.3 is 6.09 Å². The average Bonchev–Trinajstić information content (AvgIpc) is 3.40. The van der Waals surface area contributed by atoms with Gasteiger partial charge in [-0.1, -0.05) is 5.16 Å². The predicted molar refractivity (Wildman–Crippen MR) is 112 cm³/mol. The molecule has 2 aliphatic rings. The first-order valence-electron chi connectivity index (χ1n) is 9.99. The maximum atomic E-state index is 11.6. The van der Waals surface area contributed by atoms with Crippen molar-refractivity contribution in [3.8, 4) is 0 Å². The third-order valence-corrected chi connectivity index (χ3v) is 6.59. The van der Waals surface area contributed by atoms with Crippen LogP contribution in [0, 0.1) is 17.8 Å². The molecule has 1 aliphatic heterocycles. The molecule has 0 radical (unpaired) electrons. The van der Waals surface area contributed by atoms with Crippen LogP contribution in [0.5, 0.6) is 0 Å². The van der Waals surface area contributed by atoms with Crippen molar-refractivity contribution in [2.24, 2.45) is 23.5 Å². The molecular weight excluding hydrogens is 454 g/mol. The van der Waals surface area contributed by atoms with Gasteiger partial charge in [-0.3, -0.25) is 4.79 Å². The number of rotatable bonds is 7. The van der Waals surface area contributed by atoms with Gasteiger partial charge in [0.15, 0.2) is 11.5 Å². The van der Waals surface area contributed by atoms with Gasteiger partial charge in [0.25, 0.3) is 5.91 Å². The zero-order valence-corrected chi connectivity index (χ0v) is 18.0. The lowest BCUT2D eigenvalue weighted by Crippen LogP contribution is -2.31. The number of amides is 2. The normalized spacial score (nSPS) is 22.8. The van der Waals surface area contributed by atoms with Crippen LogP contribution in [-0.4, -0.2) is 51.8 Å². The molecule has 2 amide bonds. The molecule has 1 saturated carbocycles. The molecular formula is C20H24BrN5O4. The number of halogens is 1. The van der Waals surface area contributed by atoms with Crippen molar-refractivity contribution in [3.63, 3.8) is 0 Å². The molecule has 2 aromatic rings. The smallest absolute Gasteiger partial charge is 0.407 e. The number of primary amides is 1. The van der Waals surface area contributed by atoms with Crippen LogP contribution < -0.4 is 10.6 Å². The second-order valence-electron chi connectivity index (χ2n) is 8.13. The molecule has 160 valence electrons. The van der Waals surface area contributed by atoms with Crippen LogP contribution in [0.3, 0.4) is 0 Å². The molecule has 10 heteroatoms. The van der Waals surface area contributed by atoms with Crippen molar-refractivity contribution in [2.75, 3.05) is 24.5 Å². The van der Waals surface area contributed by atoms with Gasteiger partial charge in [0.2, 0.25) is 0 Å². The standard InChI is InChI=1S/C20H24BrN5O4/c21-15-1-2-18(23-8-15)26-9-13-5-12(6-14(13)10-26)3-4-25(20(28)29)11-16-7-17(19(22)27)24-30-16/h1-2,7-8,12-14H,3-6,9-11H2,(H2,22,27)(H,28,29). The van der Waals surface area contributed by atoms with Crippen molar-refractivity contribution in [3.05, 3.63) is 40.3 Å². The number of hydrogen-bond donors (Lipinski definition) is 2. The fourth-order valence-electron chi connectivity index (χ4n) is 4.68. The number of nitrogens with two attached hydrogens (primary N) is 1. The number of carbonyl (C=O) groups excluding carboxylic acids is 1. The fraction of sp³-hybridized carbons (Fsp3) is 0.500. The molecule has 3 heterocycles. The van der Waals surface area contributed by atoms with E-state index in [1.165, 1.54) is 11.0 Å².